The minimum Gasteiger partial charge on any atom is -0.369 e. The number of carbonyl (C=O) groups is 1. The maximum atomic E-state index is 12.5. The summed E-state index contributed by atoms with van der Waals surface area (Å²) < 4.78 is 5.80. The fourth-order valence-corrected chi connectivity index (χ4v) is 2.62. The van der Waals surface area contributed by atoms with Crippen molar-refractivity contribution in [2.45, 2.75) is 38.5 Å². The molecule has 0 aliphatic carbocycles. The molecule has 0 radical (unpaired) electrons. The van der Waals surface area contributed by atoms with Gasteiger partial charge in [-0.15, -0.1) is 0 Å². The zero-order chi connectivity index (χ0) is 14.0. The Morgan fingerprint density at radius 2 is 2.05 bits per heavy atom. The number of carbonyl (C=O) groups excluding carboxylic acids is 1. The van der Waals surface area contributed by atoms with Gasteiger partial charge in [-0.25, -0.2) is 0 Å². The Bertz CT molecular complexity index is 445. The summed E-state index contributed by atoms with van der Waals surface area (Å²) in [6.07, 6.45) is 0.0377. The molecule has 0 aromatic heterocycles. The van der Waals surface area contributed by atoms with Crippen LogP contribution in [0, 0.1) is 0 Å². The van der Waals surface area contributed by atoms with Crippen molar-refractivity contribution < 1.29 is 9.53 Å². The number of hydrogen-bond acceptors (Lipinski definition) is 3. The molecule has 1 amide bonds. The Morgan fingerprint density at radius 1 is 1.42 bits per heavy atom. The highest BCUT2D eigenvalue weighted by Gasteiger charge is 2.35. The van der Waals surface area contributed by atoms with E-state index < -0.39 is 6.04 Å². The molecular weight excluding hydrogens is 240 g/mol. The number of morpholine rings is 1. The van der Waals surface area contributed by atoms with Crippen LogP contribution < -0.4 is 5.73 Å². The van der Waals surface area contributed by atoms with Crippen LogP contribution in [-0.2, 0) is 9.53 Å². The Morgan fingerprint density at radius 3 is 2.63 bits per heavy atom. The van der Waals surface area contributed by atoms with Crippen molar-refractivity contribution in [3.8, 4) is 0 Å². The summed E-state index contributed by atoms with van der Waals surface area (Å²) in [6.45, 7) is 7.16. The van der Waals surface area contributed by atoms with Crippen LogP contribution in [0.15, 0.2) is 30.3 Å². The number of amides is 1. The van der Waals surface area contributed by atoms with E-state index in [2.05, 4.69) is 0 Å². The summed E-state index contributed by atoms with van der Waals surface area (Å²) >= 11 is 0. The average Bonchev–Trinajstić information content (AvgIpc) is 2.35. The fraction of sp³-hybridized carbons (Fsp3) is 0.533. The van der Waals surface area contributed by atoms with Gasteiger partial charge in [-0.2, -0.15) is 0 Å². The van der Waals surface area contributed by atoms with Gasteiger partial charge in [-0.05, 0) is 26.3 Å². The van der Waals surface area contributed by atoms with E-state index in [0.29, 0.717) is 13.1 Å². The highest BCUT2D eigenvalue weighted by Crippen LogP contribution is 2.23. The van der Waals surface area contributed by atoms with Gasteiger partial charge in [-0.3, -0.25) is 4.79 Å². The zero-order valence-corrected chi connectivity index (χ0v) is 11.8. The van der Waals surface area contributed by atoms with Crippen LogP contribution in [0.5, 0.6) is 0 Å². The van der Waals surface area contributed by atoms with Gasteiger partial charge in [0.15, 0.2) is 0 Å². The van der Waals surface area contributed by atoms with Crippen molar-refractivity contribution in [3.05, 3.63) is 35.9 Å². The van der Waals surface area contributed by atoms with E-state index in [1.807, 2.05) is 56.0 Å². The SMILES string of the molecule is CC1CN(C(=O)C(N)c2ccccc2)CC(C)(C)O1. The van der Waals surface area contributed by atoms with Crippen LogP contribution in [0.1, 0.15) is 32.4 Å². The van der Waals surface area contributed by atoms with Gasteiger partial charge in [0.25, 0.3) is 0 Å². The van der Waals surface area contributed by atoms with Gasteiger partial charge in [0.05, 0.1) is 11.7 Å². The van der Waals surface area contributed by atoms with Crippen LogP contribution >= 0.6 is 0 Å². The molecule has 104 valence electrons. The topological polar surface area (TPSA) is 55.6 Å². The summed E-state index contributed by atoms with van der Waals surface area (Å²) in [5.41, 5.74) is 6.61. The monoisotopic (exact) mass is 262 g/mol. The van der Waals surface area contributed by atoms with Crippen molar-refractivity contribution >= 4 is 5.91 Å². The van der Waals surface area contributed by atoms with Crippen molar-refractivity contribution in [3.63, 3.8) is 0 Å². The van der Waals surface area contributed by atoms with E-state index in [4.69, 9.17) is 10.5 Å². The summed E-state index contributed by atoms with van der Waals surface area (Å²) in [5.74, 6) is -0.0329. The van der Waals surface area contributed by atoms with Gasteiger partial charge in [0.2, 0.25) is 5.91 Å². The minimum absolute atomic E-state index is 0.0329. The Hall–Kier alpha value is -1.39. The summed E-state index contributed by atoms with van der Waals surface area (Å²) in [5, 5.41) is 0. The molecule has 4 nitrogen and oxygen atoms in total. The largest absolute Gasteiger partial charge is 0.369 e. The second-order valence-electron chi connectivity index (χ2n) is 5.80. The normalized spacial score (nSPS) is 24.0. The summed E-state index contributed by atoms with van der Waals surface area (Å²) in [4.78, 5) is 14.3. The molecule has 2 N–H and O–H groups in total. The molecule has 1 aliphatic rings. The molecule has 1 aromatic rings. The number of nitrogens with zero attached hydrogens (tertiary/aromatic N) is 1. The molecule has 1 heterocycles. The molecule has 4 heteroatoms. The van der Waals surface area contributed by atoms with E-state index in [-0.39, 0.29) is 17.6 Å². The molecule has 1 fully saturated rings. The molecule has 2 atom stereocenters. The van der Waals surface area contributed by atoms with E-state index in [1.165, 1.54) is 0 Å². The number of hydrogen-bond donors (Lipinski definition) is 1. The Labute approximate surface area is 114 Å². The quantitative estimate of drug-likeness (QED) is 0.882. The van der Waals surface area contributed by atoms with E-state index in [0.717, 1.165) is 5.56 Å². The number of rotatable bonds is 2. The third-order valence-electron chi connectivity index (χ3n) is 3.31. The van der Waals surface area contributed by atoms with Gasteiger partial charge in [0, 0.05) is 13.1 Å². The number of ether oxygens (including phenoxy) is 1. The smallest absolute Gasteiger partial charge is 0.244 e. The second kappa shape index (κ2) is 5.31. The standard InChI is InChI=1S/C15H22N2O2/c1-11-9-17(10-15(2,3)19-11)14(18)13(16)12-7-5-4-6-8-12/h4-8,11,13H,9-10,16H2,1-3H3. The predicted octanol–water partition coefficient (Wildman–Crippen LogP) is 1.71. The molecule has 1 saturated heterocycles. The lowest BCUT2D eigenvalue weighted by atomic mass is 10.0. The zero-order valence-electron chi connectivity index (χ0n) is 11.8. The fourth-order valence-electron chi connectivity index (χ4n) is 2.62. The van der Waals surface area contributed by atoms with Crippen LogP contribution in [0.2, 0.25) is 0 Å². The Balaban J connectivity index is 2.11. The molecule has 19 heavy (non-hydrogen) atoms. The third-order valence-corrected chi connectivity index (χ3v) is 3.31. The Kier molecular flexibility index (Phi) is 3.92. The molecule has 1 aromatic carbocycles. The number of nitrogens with two attached hydrogens (primary N) is 1. The van der Waals surface area contributed by atoms with Gasteiger partial charge >= 0.3 is 0 Å². The van der Waals surface area contributed by atoms with Crippen molar-refractivity contribution in [1.82, 2.24) is 4.90 Å². The molecule has 2 rings (SSSR count). The highest BCUT2D eigenvalue weighted by atomic mass is 16.5. The maximum absolute atomic E-state index is 12.5. The molecule has 0 saturated carbocycles. The molecule has 0 bridgehead atoms. The first-order valence-corrected chi connectivity index (χ1v) is 6.66. The maximum Gasteiger partial charge on any atom is 0.244 e. The van der Waals surface area contributed by atoms with Crippen molar-refractivity contribution in [1.29, 1.82) is 0 Å². The van der Waals surface area contributed by atoms with E-state index >= 15 is 0 Å². The average molecular weight is 262 g/mol. The molecule has 0 spiro atoms. The van der Waals surface area contributed by atoms with Crippen molar-refractivity contribution in [2.24, 2.45) is 5.73 Å². The van der Waals surface area contributed by atoms with Crippen LogP contribution in [0.3, 0.4) is 0 Å². The van der Waals surface area contributed by atoms with Crippen LogP contribution in [0.25, 0.3) is 0 Å². The second-order valence-corrected chi connectivity index (χ2v) is 5.80. The number of benzene rings is 1. The summed E-state index contributed by atoms with van der Waals surface area (Å²) in [6, 6.07) is 8.89. The lowest BCUT2D eigenvalue weighted by Crippen LogP contribution is -2.55. The third kappa shape index (κ3) is 3.33. The van der Waals surface area contributed by atoms with E-state index in [1.54, 1.807) is 0 Å². The summed E-state index contributed by atoms with van der Waals surface area (Å²) in [7, 11) is 0. The van der Waals surface area contributed by atoms with E-state index in [9.17, 15) is 4.79 Å². The first kappa shape index (κ1) is 14.0. The molecule has 1 aliphatic heterocycles. The van der Waals surface area contributed by atoms with Gasteiger partial charge in [-0.1, -0.05) is 30.3 Å². The lowest BCUT2D eigenvalue weighted by molar-refractivity contribution is -0.159. The molecule has 2 unspecified atom stereocenters. The highest BCUT2D eigenvalue weighted by molar-refractivity contribution is 5.83. The first-order chi connectivity index (χ1) is 8.89. The van der Waals surface area contributed by atoms with Crippen molar-refractivity contribution in [2.75, 3.05) is 13.1 Å². The van der Waals surface area contributed by atoms with Crippen LogP contribution in [0.4, 0.5) is 0 Å². The van der Waals surface area contributed by atoms with Gasteiger partial charge < -0.3 is 15.4 Å². The molecular formula is C15H22N2O2. The lowest BCUT2D eigenvalue weighted by Gasteiger charge is -2.42. The van der Waals surface area contributed by atoms with Crippen LogP contribution in [-0.4, -0.2) is 35.6 Å². The first-order valence-electron chi connectivity index (χ1n) is 6.66. The van der Waals surface area contributed by atoms with Gasteiger partial charge in [0.1, 0.15) is 6.04 Å². The predicted molar refractivity (Wildman–Crippen MR) is 74.6 cm³/mol. The minimum atomic E-state index is -0.595.